The van der Waals surface area contributed by atoms with E-state index in [1.54, 1.807) is 23.9 Å². The van der Waals surface area contributed by atoms with Gasteiger partial charge in [0.25, 0.3) is 0 Å². The SMILES string of the molecule is Cc1csc(N2CCN(Cc3nc(-c4ccoc4)no3)C[C@H]2C)n1. The molecule has 7 nitrogen and oxygen atoms in total. The zero-order valence-corrected chi connectivity index (χ0v) is 14.5. The first kappa shape index (κ1) is 15.3. The van der Waals surface area contributed by atoms with E-state index >= 15 is 0 Å². The van der Waals surface area contributed by atoms with Crippen molar-refractivity contribution in [1.82, 2.24) is 20.0 Å². The lowest BCUT2D eigenvalue weighted by atomic mass is 10.2. The number of furan rings is 1. The van der Waals surface area contributed by atoms with Crippen LogP contribution < -0.4 is 4.90 Å². The maximum atomic E-state index is 5.37. The van der Waals surface area contributed by atoms with E-state index in [9.17, 15) is 0 Å². The van der Waals surface area contributed by atoms with Gasteiger partial charge in [-0.15, -0.1) is 11.3 Å². The van der Waals surface area contributed by atoms with Crippen molar-refractivity contribution in [2.24, 2.45) is 0 Å². The Balaban J connectivity index is 1.39. The first-order valence-corrected chi connectivity index (χ1v) is 8.83. The Morgan fingerprint density at radius 3 is 2.96 bits per heavy atom. The van der Waals surface area contributed by atoms with E-state index in [1.807, 2.05) is 13.0 Å². The molecule has 0 N–H and O–H groups in total. The number of hydrogen-bond acceptors (Lipinski definition) is 8. The predicted molar refractivity (Wildman–Crippen MR) is 90.9 cm³/mol. The minimum absolute atomic E-state index is 0.403. The molecule has 3 aromatic heterocycles. The van der Waals surface area contributed by atoms with Crippen LogP contribution in [0.2, 0.25) is 0 Å². The van der Waals surface area contributed by atoms with Gasteiger partial charge < -0.3 is 13.8 Å². The van der Waals surface area contributed by atoms with Crippen molar-refractivity contribution in [3.05, 3.63) is 35.6 Å². The van der Waals surface area contributed by atoms with Gasteiger partial charge in [0.05, 0.1) is 24.1 Å². The minimum atomic E-state index is 0.403. The Hall–Kier alpha value is -2.19. The molecule has 0 radical (unpaired) electrons. The third kappa shape index (κ3) is 3.07. The van der Waals surface area contributed by atoms with E-state index in [2.05, 4.69) is 37.2 Å². The Kier molecular flexibility index (Phi) is 4.07. The van der Waals surface area contributed by atoms with Gasteiger partial charge in [0, 0.05) is 31.1 Å². The molecular formula is C16H19N5O2S. The maximum absolute atomic E-state index is 5.37. The van der Waals surface area contributed by atoms with E-state index in [0.29, 0.717) is 24.3 Å². The number of aromatic nitrogens is 3. The second-order valence-electron chi connectivity index (χ2n) is 6.07. The highest BCUT2D eigenvalue weighted by Crippen LogP contribution is 2.25. The molecule has 126 valence electrons. The van der Waals surface area contributed by atoms with E-state index in [1.165, 1.54) is 0 Å². The Labute approximate surface area is 143 Å². The number of piperazine rings is 1. The second kappa shape index (κ2) is 6.37. The molecular weight excluding hydrogens is 326 g/mol. The van der Waals surface area contributed by atoms with Crippen LogP contribution in [0.1, 0.15) is 18.5 Å². The molecule has 0 aromatic carbocycles. The summed E-state index contributed by atoms with van der Waals surface area (Å²) in [6.45, 7) is 7.78. The van der Waals surface area contributed by atoms with Gasteiger partial charge in [0.15, 0.2) is 5.13 Å². The average molecular weight is 345 g/mol. The molecule has 1 fully saturated rings. The zero-order valence-electron chi connectivity index (χ0n) is 13.7. The number of rotatable bonds is 4. The van der Waals surface area contributed by atoms with Crippen molar-refractivity contribution in [3.8, 4) is 11.4 Å². The van der Waals surface area contributed by atoms with Crippen molar-refractivity contribution in [1.29, 1.82) is 0 Å². The maximum Gasteiger partial charge on any atom is 0.241 e. The number of aryl methyl sites for hydroxylation is 1. The molecule has 0 aliphatic carbocycles. The summed E-state index contributed by atoms with van der Waals surface area (Å²) >= 11 is 1.71. The molecule has 1 saturated heterocycles. The summed E-state index contributed by atoms with van der Waals surface area (Å²) in [5, 5.41) is 7.23. The van der Waals surface area contributed by atoms with Crippen LogP contribution in [-0.2, 0) is 6.54 Å². The normalized spacial score (nSPS) is 19.1. The third-order valence-corrected chi connectivity index (χ3v) is 5.17. The van der Waals surface area contributed by atoms with Crippen molar-refractivity contribution in [2.45, 2.75) is 26.4 Å². The summed E-state index contributed by atoms with van der Waals surface area (Å²) in [5.74, 6) is 1.21. The molecule has 1 atom stereocenters. The summed E-state index contributed by atoms with van der Waals surface area (Å²) in [4.78, 5) is 13.8. The van der Waals surface area contributed by atoms with Crippen LogP contribution in [0, 0.1) is 6.92 Å². The Bertz CT molecular complexity index is 797. The van der Waals surface area contributed by atoms with Gasteiger partial charge in [-0.3, -0.25) is 4.90 Å². The second-order valence-corrected chi connectivity index (χ2v) is 6.91. The Morgan fingerprint density at radius 1 is 1.33 bits per heavy atom. The Morgan fingerprint density at radius 2 is 2.25 bits per heavy atom. The first-order chi connectivity index (χ1) is 11.7. The fourth-order valence-electron chi connectivity index (χ4n) is 2.95. The van der Waals surface area contributed by atoms with E-state index in [-0.39, 0.29) is 0 Å². The highest BCUT2D eigenvalue weighted by atomic mass is 32.1. The first-order valence-electron chi connectivity index (χ1n) is 7.95. The van der Waals surface area contributed by atoms with E-state index in [0.717, 1.165) is 36.0 Å². The van der Waals surface area contributed by atoms with Gasteiger partial charge in [0.1, 0.15) is 6.26 Å². The van der Waals surface area contributed by atoms with Gasteiger partial charge in [-0.1, -0.05) is 5.16 Å². The number of nitrogens with zero attached hydrogens (tertiary/aromatic N) is 5. The molecule has 4 rings (SSSR count). The highest BCUT2D eigenvalue weighted by Gasteiger charge is 2.26. The van der Waals surface area contributed by atoms with Crippen LogP contribution in [-0.4, -0.2) is 45.7 Å². The van der Waals surface area contributed by atoms with Gasteiger partial charge in [-0.25, -0.2) is 4.98 Å². The topological polar surface area (TPSA) is 71.4 Å². The van der Waals surface area contributed by atoms with Gasteiger partial charge in [0.2, 0.25) is 11.7 Å². The molecule has 0 amide bonds. The lowest BCUT2D eigenvalue weighted by Crippen LogP contribution is -2.51. The van der Waals surface area contributed by atoms with Crippen LogP contribution in [0.25, 0.3) is 11.4 Å². The zero-order chi connectivity index (χ0) is 16.5. The van der Waals surface area contributed by atoms with Crippen molar-refractivity contribution in [2.75, 3.05) is 24.5 Å². The molecule has 3 aromatic rings. The van der Waals surface area contributed by atoms with Crippen molar-refractivity contribution < 1.29 is 8.94 Å². The monoisotopic (exact) mass is 345 g/mol. The number of thiazole rings is 1. The fraction of sp³-hybridized carbons (Fsp3) is 0.438. The summed E-state index contributed by atoms with van der Waals surface area (Å²) in [5.41, 5.74) is 1.92. The lowest BCUT2D eigenvalue weighted by molar-refractivity contribution is 0.194. The van der Waals surface area contributed by atoms with Gasteiger partial charge in [-0.05, 0) is 19.9 Å². The van der Waals surface area contributed by atoms with Crippen molar-refractivity contribution in [3.63, 3.8) is 0 Å². The van der Waals surface area contributed by atoms with Crippen LogP contribution >= 0.6 is 11.3 Å². The number of hydrogen-bond donors (Lipinski definition) is 0. The smallest absolute Gasteiger partial charge is 0.241 e. The van der Waals surface area contributed by atoms with E-state index in [4.69, 9.17) is 8.94 Å². The van der Waals surface area contributed by atoms with Crippen LogP contribution in [0.4, 0.5) is 5.13 Å². The molecule has 8 heteroatoms. The molecule has 1 aliphatic rings. The number of anilines is 1. The van der Waals surface area contributed by atoms with Crippen LogP contribution in [0.3, 0.4) is 0 Å². The quantitative estimate of drug-likeness (QED) is 0.720. The molecule has 4 heterocycles. The van der Waals surface area contributed by atoms with E-state index < -0.39 is 0 Å². The summed E-state index contributed by atoms with van der Waals surface area (Å²) in [7, 11) is 0. The van der Waals surface area contributed by atoms with Gasteiger partial charge >= 0.3 is 0 Å². The molecule has 0 unspecified atom stereocenters. The largest absolute Gasteiger partial charge is 0.472 e. The molecule has 24 heavy (non-hydrogen) atoms. The lowest BCUT2D eigenvalue weighted by Gasteiger charge is -2.39. The van der Waals surface area contributed by atoms with Crippen molar-refractivity contribution >= 4 is 16.5 Å². The molecule has 0 spiro atoms. The minimum Gasteiger partial charge on any atom is -0.472 e. The predicted octanol–water partition coefficient (Wildman–Crippen LogP) is 2.81. The van der Waals surface area contributed by atoms with Gasteiger partial charge in [-0.2, -0.15) is 4.98 Å². The fourth-order valence-corrected chi connectivity index (χ4v) is 3.89. The van der Waals surface area contributed by atoms with Crippen LogP contribution in [0.5, 0.6) is 0 Å². The third-order valence-electron chi connectivity index (χ3n) is 4.17. The summed E-state index contributed by atoms with van der Waals surface area (Å²) in [6, 6.07) is 2.23. The molecule has 0 bridgehead atoms. The highest BCUT2D eigenvalue weighted by molar-refractivity contribution is 7.13. The molecule has 1 aliphatic heterocycles. The summed E-state index contributed by atoms with van der Waals surface area (Å²) < 4.78 is 10.4. The van der Waals surface area contributed by atoms with Crippen LogP contribution in [0.15, 0.2) is 32.9 Å². The standard InChI is InChI=1S/C16H19N5O2S/c1-11-10-24-16(17-11)21-5-4-20(7-12(21)2)8-14-18-15(19-23-14)13-3-6-22-9-13/h3,6,9-10,12H,4-5,7-8H2,1-2H3/t12-/m1/s1. The molecule has 0 saturated carbocycles. The average Bonchev–Trinajstić information content (AvgIpc) is 3.28. The summed E-state index contributed by atoms with van der Waals surface area (Å²) in [6.07, 6.45) is 3.22.